The number of ether oxygens (including phenoxy) is 2. The van der Waals surface area contributed by atoms with Gasteiger partial charge in [-0.1, -0.05) is 12.1 Å². The number of carbonyl (C=O) groups excluding carboxylic acids is 2. The molecule has 1 aromatic carbocycles. The highest BCUT2D eigenvalue weighted by molar-refractivity contribution is 6.03. The van der Waals surface area contributed by atoms with Crippen LogP contribution in [0.25, 0.3) is 0 Å². The van der Waals surface area contributed by atoms with E-state index in [9.17, 15) is 9.59 Å². The van der Waals surface area contributed by atoms with Crippen LogP contribution in [0.15, 0.2) is 18.2 Å². The number of anilines is 1. The van der Waals surface area contributed by atoms with Gasteiger partial charge in [0.2, 0.25) is 0 Å². The number of nitrogens with one attached hydrogen (secondary N) is 1. The molecule has 6 nitrogen and oxygen atoms in total. The maximum absolute atomic E-state index is 12.2. The Labute approximate surface area is 135 Å². The van der Waals surface area contributed by atoms with Crippen molar-refractivity contribution in [3.63, 3.8) is 0 Å². The Hall–Kier alpha value is -1.63. The van der Waals surface area contributed by atoms with E-state index in [2.05, 4.69) is 5.32 Å². The van der Waals surface area contributed by atoms with Crippen LogP contribution in [0.2, 0.25) is 0 Å². The Morgan fingerprint density at radius 3 is 2.73 bits per heavy atom. The van der Waals surface area contributed by atoms with Gasteiger partial charge >= 0.3 is 5.97 Å². The van der Waals surface area contributed by atoms with Crippen LogP contribution in [0.4, 0.5) is 5.69 Å². The van der Waals surface area contributed by atoms with E-state index >= 15 is 0 Å². The second-order valence-corrected chi connectivity index (χ2v) is 5.04. The quantitative estimate of drug-likeness (QED) is 0.820. The monoisotopic (exact) mass is 328 g/mol. The molecule has 0 radical (unpaired) electrons. The number of carbonyl (C=O) groups is 2. The summed E-state index contributed by atoms with van der Waals surface area (Å²) in [7, 11) is 1.31. The molecule has 1 fully saturated rings. The van der Waals surface area contributed by atoms with Crippen LogP contribution < -0.4 is 11.1 Å². The van der Waals surface area contributed by atoms with Crippen LogP contribution in [-0.2, 0) is 14.3 Å². The zero-order chi connectivity index (χ0) is 15.4. The third-order valence-electron chi connectivity index (χ3n) is 3.58. The van der Waals surface area contributed by atoms with Crippen molar-refractivity contribution >= 4 is 30.0 Å². The molecule has 0 spiro atoms. The molecule has 3 N–H and O–H groups in total. The predicted octanol–water partition coefficient (Wildman–Crippen LogP) is 1.65. The van der Waals surface area contributed by atoms with Gasteiger partial charge in [0.15, 0.2) is 0 Å². The maximum atomic E-state index is 12.2. The van der Waals surface area contributed by atoms with Crippen LogP contribution in [0, 0.1) is 6.92 Å². The molecule has 0 saturated carbocycles. The van der Waals surface area contributed by atoms with Gasteiger partial charge < -0.3 is 20.5 Å². The van der Waals surface area contributed by atoms with E-state index in [1.54, 1.807) is 25.1 Å². The summed E-state index contributed by atoms with van der Waals surface area (Å²) in [6, 6.07) is 5.24. The average Bonchev–Trinajstić information content (AvgIpc) is 2.96. The van der Waals surface area contributed by atoms with Crippen LogP contribution >= 0.6 is 12.4 Å². The fourth-order valence-electron chi connectivity index (χ4n) is 2.43. The zero-order valence-corrected chi connectivity index (χ0v) is 13.4. The second kappa shape index (κ2) is 8.12. The molecule has 1 aromatic rings. The van der Waals surface area contributed by atoms with Gasteiger partial charge in [-0.25, -0.2) is 4.79 Å². The van der Waals surface area contributed by atoms with E-state index in [0.29, 0.717) is 24.2 Å². The molecule has 7 heteroatoms. The fourth-order valence-corrected chi connectivity index (χ4v) is 2.43. The van der Waals surface area contributed by atoms with Crippen molar-refractivity contribution in [2.75, 3.05) is 19.0 Å². The molecule has 122 valence electrons. The van der Waals surface area contributed by atoms with Crippen molar-refractivity contribution in [3.8, 4) is 0 Å². The summed E-state index contributed by atoms with van der Waals surface area (Å²) in [4.78, 5) is 24.1. The Balaban J connectivity index is 0.00000242. The molecule has 0 bridgehead atoms. The van der Waals surface area contributed by atoms with E-state index in [0.717, 1.165) is 12.0 Å². The standard InChI is InChI=1S/C15H20N2O4.ClH/c1-9-4-3-5-11(13(9)15(19)20-2)17-14(18)12-7-6-10(8-16)21-12;/h3-5,10,12H,6-8,16H2,1-2H3,(H,17,18);1H/t10-,12+;/m1./s1. The van der Waals surface area contributed by atoms with Crippen LogP contribution in [-0.4, -0.2) is 37.7 Å². The molecule has 2 rings (SSSR count). The van der Waals surface area contributed by atoms with Gasteiger partial charge in [0.1, 0.15) is 6.10 Å². The van der Waals surface area contributed by atoms with Crippen molar-refractivity contribution in [1.82, 2.24) is 0 Å². The summed E-state index contributed by atoms with van der Waals surface area (Å²) in [5.41, 5.74) is 7.07. The number of esters is 1. The molecule has 1 aliphatic heterocycles. The number of hydrogen-bond donors (Lipinski definition) is 2. The van der Waals surface area contributed by atoms with Crippen molar-refractivity contribution < 1.29 is 19.1 Å². The number of hydrogen-bond acceptors (Lipinski definition) is 5. The van der Waals surface area contributed by atoms with Gasteiger partial charge in [-0.3, -0.25) is 4.79 Å². The topological polar surface area (TPSA) is 90.7 Å². The highest BCUT2D eigenvalue weighted by Gasteiger charge is 2.30. The second-order valence-electron chi connectivity index (χ2n) is 5.04. The first-order valence-corrected chi connectivity index (χ1v) is 6.91. The Morgan fingerprint density at radius 1 is 1.41 bits per heavy atom. The molecule has 1 amide bonds. The van der Waals surface area contributed by atoms with Gasteiger partial charge in [-0.2, -0.15) is 0 Å². The van der Waals surface area contributed by atoms with Gasteiger partial charge in [0.25, 0.3) is 5.91 Å². The van der Waals surface area contributed by atoms with E-state index in [-0.39, 0.29) is 24.4 Å². The summed E-state index contributed by atoms with van der Waals surface area (Å²) in [5.74, 6) is -0.739. The summed E-state index contributed by atoms with van der Waals surface area (Å²) >= 11 is 0. The lowest BCUT2D eigenvalue weighted by molar-refractivity contribution is -0.126. The van der Waals surface area contributed by atoms with Crippen molar-refractivity contribution in [2.24, 2.45) is 5.73 Å². The molecule has 0 aliphatic carbocycles. The Bertz CT molecular complexity index is 550. The first kappa shape index (κ1) is 18.4. The molecular weight excluding hydrogens is 308 g/mol. The Kier molecular flexibility index (Phi) is 6.80. The molecule has 22 heavy (non-hydrogen) atoms. The first-order chi connectivity index (χ1) is 10.1. The van der Waals surface area contributed by atoms with Gasteiger partial charge in [-0.05, 0) is 31.4 Å². The summed E-state index contributed by atoms with van der Waals surface area (Å²) in [6.45, 7) is 2.19. The number of methoxy groups -OCH3 is 1. The molecule has 1 aliphatic rings. The van der Waals surface area contributed by atoms with E-state index in [1.807, 2.05) is 0 Å². The van der Waals surface area contributed by atoms with E-state index < -0.39 is 12.1 Å². The summed E-state index contributed by atoms with van der Waals surface area (Å²) in [5, 5.41) is 2.75. The molecule has 0 aromatic heterocycles. The predicted molar refractivity (Wildman–Crippen MR) is 85.3 cm³/mol. The summed E-state index contributed by atoms with van der Waals surface area (Å²) < 4.78 is 10.3. The highest BCUT2D eigenvalue weighted by Crippen LogP contribution is 2.24. The number of nitrogens with two attached hydrogens (primary N) is 1. The first-order valence-electron chi connectivity index (χ1n) is 6.91. The molecule has 1 saturated heterocycles. The lowest BCUT2D eigenvalue weighted by Gasteiger charge is -2.15. The van der Waals surface area contributed by atoms with Gasteiger partial charge in [0, 0.05) is 6.54 Å². The smallest absolute Gasteiger partial charge is 0.340 e. The van der Waals surface area contributed by atoms with E-state index in [1.165, 1.54) is 7.11 Å². The third kappa shape index (κ3) is 3.97. The highest BCUT2D eigenvalue weighted by atomic mass is 35.5. The SMILES string of the molecule is COC(=O)c1c(C)cccc1NC(=O)[C@@H]1CC[C@H](CN)O1.Cl. The number of aryl methyl sites for hydroxylation is 1. The lowest BCUT2D eigenvalue weighted by atomic mass is 10.1. The van der Waals surface area contributed by atoms with E-state index in [4.69, 9.17) is 15.2 Å². The van der Waals surface area contributed by atoms with Crippen molar-refractivity contribution in [2.45, 2.75) is 32.0 Å². The summed E-state index contributed by atoms with van der Waals surface area (Å²) in [6.07, 6.45) is 0.808. The molecule has 1 heterocycles. The zero-order valence-electron chi connectivity index (χ0n) is 12.6. The minimum Gasteiger partial charge on any atom is -0.465 e. The number of benzene rings is 1. The van der Waals surface area contributed by atoms with Crippen LogP contribution in [0.5, 0.6) is 0 Å². The van der Waals surface area contributed by atoms with Crippen molar-refractivity contribution in [3.05, 3.63) is 29.3 Å². The largest absolute Gasteiger partial charge is 0.465 e. The minimum absolute atomic E-state index is 0. The average molecular weight is 329 g/mol. The third-order valence-corrected chi connectivity index (χ3v) is 3.58. The maximum Gasteiger partial charge on any atom is 0.340 e. The van der Waals surface area contributed by atoms with Gasteiger partial charge in [0.05, 0.1) is 24.5 Å². The van der Waals surface area contributed by atoms with Crippen LogP contribution in [0.1, 0.15) is 28.8 Å². The van der Waals surface area contributed by atoms with Crippen molar-refractivity contribution in [1.29, 1.82) is 0 Å². The number of rotatable bonds is 4. The molecule has 0 unspecified atom stereocenters. The number of amides is 1. The fraction of sp³-hybridized carbons (Fsp3) is 0.467. The lowest BCUT2D eigenvalue weighted by Crippen LogP contribution is -2.30. The molecule has 2 atom stereocenters. The number of halogens is 1. The molecular formula is C15H21ClN2O4. The Morgan fingerprint density at radius 2 is 2.14 bits per heavy atom. The normalized spacial score (nSPS) is 20.1. The van der Waals surface area contributed by atoms with Crippen LogP contribution in [0.3, 0.4) is 0 Å². The minimum atomic E-state index is -0.524. The van der Waals surface area contributed by atoms with Gasteiger partial charge in [-0.15, -0.1) is 12.4 Å².